The van der Waals surface area contributed by atoms with E-state index in [1.54, 1.807) is 6.20 Å². The fourth-order valence-corrected chi connectivity index (χ4v) is 1.32. The molecule has 0 aliphatic heterocycles. The molecule has 8 nitrogen and oxygen atoms in total. The number of aromatic amines is 1. The predicted molar refractivity (Wildman–Crippen MR) is 59.5 cm³/mol. The molecule has 2 rings (SSSR count). The molecule has 2 aromatic rings. The van der Waals surface area contributed by atoms with Crippen molar-refractivity contribution in [1.82, 2.24) is 25.4 Å². The Kier molecular flexibility index (Phi) is 3.68. The Bertz CT molecular complexity index is 533. The second kappa shape index (κ2) is 5.41. The molecule has 0 radical (unpaired) electrons. The third-order valence-corrected chi connectivity index (χ3v) is 2.10. The van der Waals surface area contributed by atoms with Gasteiger partial charge in [0, 0.05) is 19.0 Å². The first-order chi connectivity index (χ1) is 8.69. The Hall–Kier alpha value is -2.22. The molecule has 0 saturated heterocycles. The maximum absolute atomic E-state index is 11.6. The smallest absolute Gasteiger partial charge is 0.287 e. The number of carbonyl (C=O) groups excluding carboxylic acids is 1. The monoisotopic (exact) mass is 251 g/mol. The summed E-state index contributed by atoms with van der Waals surface area (Å²) in [6, 6.07) is 0. The summed E-state index contributed by atoms with van der Waals surface area (Å²) in [5.41, 5.74) is 0.821. The number of H-pyrrole nitrogens is 1. The van der Waals surface area contributed by atoms with E-state index in [4.69, 9.17) is 9.26 Å². The number of imidazole rings is 1. The van der Waals surface area contributed by atoms with Crippen LogP contribution in [-0.2, 0) is 17.9 Å². The first-order valence-electron chi connectivity index (χ1n) is 5.29. The third-order valence-electron chi connectivity index (χ3n) is 2.10. The molecule has 0 saturated carbocycles. The second-order valence-electron chi connectivity index (χ2n) is 3.63. The van der Waals surface area contributed by atoms with Gasteiger partial charge in [-0.1, -0.05) is 5.16 Å². The molecule has 2 heterocycles. The molecule has 0 bridgehead atoms. The molecule has 0 spiro atoms. The lowest BCUT2D eigenvalue weighted by atomic mass is 10.5. The summed E-state index contributed by atoms with van der Waals surface area (Å²) < 4.78 is 9.73. The van der Waals surface area contributed by atoms with E-state index in [2.05, 4.69) is 25.4 Å². The van der Waals surface area contributed by atoms with Crippen molar-refractivity contribution in [3.05, 3.63) is 29.4 Å². The van der Waals surface area contributed by atoms with Gasteiger partial charge in [0.15, 0.2) is 11.6 Å². The van der Waals surface area contributed by atoms with Gasteiger partial charge in [-0.2, -0.15) is 4.98 Å². The van der Waals surface area contributed by atoms with Gasteiger partial charge in [0.05, 0.1) is 6.54 Å². The van der Waals surface area contributed by atoms with Gasteiger partial charge in [-0.15, -0.1) is 0 Å². The SMILES string of the molecule is COCc1nc(CNC(=O)c2ncc(C)[nH]2)no1. The normalized spacial score (nSPS) is 10.6. The van der Waals surface area contributed by atoms with Crippen molar-refractivity contribution in [1.29, 1.82) is 0 Å². The Morgan fingerprint density at radius 1 is 1.61 bits per heavy atom. The van der Waals surface area contributed by atoms with E-state index < -0.39 is 0 Å². The molecule has 8 heteroatoms. The summed E-state index contributed by atoms with van der Waals surface area (Å²) in [6.45, 7) is 2.24. The summed E-state index contributed by atoms with van der Waals surface area (Å²) in [6.07, 6.45) is 1.58. The van der Waals surface area contributed by atoms with E-state index >= 15 is 0 Å². The van der Waals surface area contributed by atoms with Crippen molar-refractivity contribution in [3.8, 4) is 0 Å². The lowest BCUT2D eigenvalue weighted by Gasteiger charge is -1.98. The number of methoxy groups -OCH3 is 1. The fourth-order valence-electron chi connectivity index (χ4n) is 1.32. The molecule has 0 fully saturated rings. The van der Waals surface area contributed by atoms with Crippen LogP contribution in [0.1, 0.15) is 28.0 Å². The van der Waals surface area contributed by atoms with E-state index in [1.807, 2.05) is 6.92 Å². The van der Waals surface area contributed by atoms with Gasteiger partial charge < -0.3 is 19.6 Å². The van der Waals surface area contributed by atoms with E-state index in [-0.39, 0.29) is 24.9 Å². The average molecular weight is 251 g/mol. The number of aromatic nitrogens is 4. The Morgan fingerprint density at radius 2 is 2.44 bits per heavy atom. The van der Waals surface area contributed by atoms with Crippen LogP contribution in [0.3, 0.4) is 0 Å². The minimum atomic E-state index is -0.318. The van der Waals surface area contributed by atoms with Gasteiger partial charge in [0.2, 0.25) is 0 Å². The van der Waals surface area contributed by atoms with Gasteiger partial charge >= 0.3 is 0 Å². The molecular formula is C10H13N5O3. The first kappa shape index (κ1) is 12.2. The third kappa shape index (κ3) is 2.92. The maximum atomic E-state index is 11.6. The van der Waals surface area contributed by atoms with Crippen molar-refractivity contribution in [2.24, 2.45) is 0 Å². The van der Waals surface area contributed by atoms with Crippen molar-refractivity contribution < 1.29 is 14.1 Å². The van der Waals surface area contributed by atoms with Gasteiger partial charge in [0.25, 0.3) is 11.8 Å². The Labute approximate surface area is 103 Å². The molecule has 2 N–H and O–H groups in total. The van der Waals surface area contributed by atoms with Crippen LogP contribution in [0.2, 0.25) is 0 Å². The molecule has 0 aliphatic rings. The number of nitrogens with one attached hydrogen (secondary N) is 2. The summed E-state index contributed by atoms with van der Waals surface area (Å²) in [5.74, 6) is 0.698. The molecule has 0 atom stereocenters. The topological polar surface area (TPSA) is 106 Å². The van der Waals surface area contributed by atoms with E-state index in [0.717, 1.165) is 5.69 Å². The number of amides is 1. The standard InChI is InChI=1S/C10H13N5O3/c1-6-3-11-9(13-6)10(16)12-4-7-14-8(5-17-2)18-15-7/h3H,4-5H2,1-2H3,(H,11,13)(H,12,16). The van der Waals surface area contributed by atoms with Crippen LogP contribution in [-0.4, -0.2) is 33.1 Å². The number of hydrogen-bond acceptors (Lipinski definition) is 6. The number of rotatable bonds is 5. The molecule has 2 aromatic heterocycles. The van der Waals surface area contributed by atoms with Crippen molar-refractivity contribution in [2.45, 2.75) is 20.1 Å². The van der Waals surface area contributed by atoms with Gasteiger partial charge in [0.1, 0.15) is 6.61 Å². The number of aryl methyl sites for hydroxylation is 1. The van der Waals surface area contributed by atoms with Gasteiger partial charge in [-0.3, -0.25) is 4.79 Å². The van der Waals surface area contributed by atoms with Crippen molar-refractivity contribution in [3.63, 3.8) is 0 Å². The highest BCUT2D eigenvalue weighted by Gasteiger charge is 2.11. The summed E-state index contributed by atoms with van der Waals surface area (Å²) >= 11 is 0. The Balaban J connectivity index is 1.88. The number of nitrogens with zero attached hydrogens (tertiary/aromatic N) is 3. The zero-order valence-corrected chi connectivity index (χ0v) is 10.1. The summed E-state index contributed by atoms with van der Waals surface area (Å²) in [7, 11) is 1.53. The van der Waals surface area contributed by atoms with Crippen LogP contribution in [0, 0.1) is 6.92 Å². The van der Waals surface area contributed by atoms with E-state index in [1.165, 1.54) is 7.11 Å². The molecule has 1 amide bonds. The van der Waals surface area contributed by atoms with Crippen LogP contribution in [0.25, 0.3) is 0 Å². The molecule has 0 unspecified atom stereocenters. The largest absolute Gasteiger partial charge is 0.375 e. The van der Waals surface area contributed by atoms with Crippen LogP contribution >= 0.6 is 0 Å². The van der Waals surface area contributed by atoms with Gasteiger partial charge in [-0.25, -0.2) is 4.98 Å². The molecule has 18 heavy (non-hydrogen) atoms. The van der Waals surface area contributed by atoms with Crippen LogP contribution in [0.5, 0.6) is 0 Å². The van der Waals surface area contributed by atoms with E-state index in [0.29, 0.717) is 11.7 Å². The fraction of sp³-hybridized carbons (Fsp3) is 0.400. The van der Waals surface area contributed by atoms with Crippen LogP contribution in [0.4, 0.5) is 0 Å². The highest BCUT2D eigenvalue weighted by molar-refractivity contribution is 5.90. The van der Waals surface area contributed by atoms with Crippen LogP contribution in [0.15, 0.2) is 10.7 Å². The minimum Gasteiger partial charge on any atom is -0.375 e. The maximum Gasteiger partial charge on any atom is 0.287 e. The highest BCUT2D eigenvalue weighted by atomic mass is 16.5. The molecule has 96 valence electrons. The Morgan fingerprint density at radius 3 is 3.11 bits per heavy atom. The number of hydrogen-bond donors (Lipinski definition) is 2. The van der Waals surface area contributed by atoms with E-state index in [9.17, 15) is 4.79 Å². The van der Waals surface area contributed by atoms with Crippen LogP contribution < -0.4 is 5.32 Å². The zero-order valence-electron chi connectivity index (χ0n) is 10.1. The average Bonchev–Trinajstić information content (AvgIpc) is 2.96. The lowest BCUT2D eigenvalue weighted by molar-refractivity contribution is 0.0940. The molecule has 0 aromatic carbocycles. The highest BCUT2D eigenvalue weighted by Crippen LogP contribution is 1.99. The van der Waals surface area contributed by atoms with Crippen molar-refractivity contribution >= 4 is 5.91 Å². The summed E-state index contributed by atoms with van der Waals surface area (Å²) in [4.78, 5) is 22.4. The lowest BCUT2D eigenvalue weighted by Crippen LogP contribution is -2.24. The zero-order chi connectivity index (χ0) is 13.0. The number of carbonyl (C=O) groups is 1. The second-order valence-corrected chi connectivity index (χ2v) is 3.63. The predicted octanol–water partition coefficient (Wildman–Crippen LogP) is 0.178. The summed E-state index contributed by atoms with van der Waals surface area (Å²) in [5, 5.41) is 6.32. The van der Waals surface area contributed by atoms with Crippen molar-refractivity contribution in [2.75, 3.05) is 7.11 Å². The first-order valence-corrected chi connectivity index (χ1v) is 5.29. The van der Waals surface area contributed by atoms with Gasteiger partial charge in [-0.05, 0) is 6.92 Å². The molecular weight excluding hydrogens is 238 g/mol. The minimum absolute atomic E-state index is 0.172. The molecule has 0 aliphatic carbocycles. The quantitative estimate of drug-likeness (QED) is 0.785. The number of ether oxygens (including phenoxy) is 1.